The van der Waals surface area contributed by atoms with E-state index in [0.717, 1.165) is 11.3 Å². The average molecular weight is 558 g/mol. The predicted molar refractivity (Wildman–Crippen MR) is 137 cm³/mol. The van der Waals surface area contributed by atoms with Crippen LogP contribution in [-0.4, -0.2) is 30.9 Å². The largest absolute Gasteiger partial charge is 0.457 e. The van der Waals surface area contributed by atoms with E-state index in [-0.39, 0.29) is 18.9 Å². The van der Waals surface area contributed by atoms with Crippen LogP contribution in [0, 0.1) is 12.8 Å². The molecule has 0 unspecified atom stereocenters. The topological polar surface area (TPSA) is 84.9 Å². The summed E-state index contributed by atoms with van der Waals surface area (Å²) >= 11 is 9.29. The molecular weight excluding hydrogens is 536 g/mol. The van der Waals surface area contributed by atoms with Gasteiger partial charge >= 0.3 is 5.97 Å². The first-order valence-corrected chi connectivity index (χ1v) is 12.0. The van der Waals surface area contributed by atoms with Crippen LogP contribution in [0.5, 0.6) is 11.5 Å². The maximum atomic E-state index is 12.5. The predicted octanol–water partition coefficient (Wildman–Crippen LogP) is 5.74. The molecule has 1 atom stereocenters. The Morgan fingerprint density at radius 2 is 1.71 bits per heavy atom. The van der Waals surface area contributed by atoms with E-state index in [2.05, 4.69) is 21.2 Å². The summed E-state index contributed by atoms with van der Waals surface area (Å²) < 4.78 is 11.7. The highest BCUT2D eigenvalue weighted by atomic mass is 79.9. The van der Waals surface area contributed by atoms with Gasteiger partial charge in [0, 0.05) is 28.8 Å². The van der Waals surface area contributed by atoms with E-state index in [0.29, 0.717) is 26.6 Å². The van der Waals surface area contributed by atoms with Gasteiger partial charge in [0.2, 0.25) is 5.91 Å². The minimum Gasteiger partial charge on any atom is -0.457 e. The van der Waals surface area contributed by atoms with E-state index >= 15 is 0 Å². The number of anilines is 2. The number of hydrogen-bond donors (Lipinski definition) is 1. The highest BCUT2D eigenvalue weighted by Gasteiger charge is 2.36. The van der Waals surface area contributed by atoms with Crippen molar-refractivity contribution in [2.75, 3.05) is 23.4 Å². The quantitative estimate of drug-likeness (QED) is 0.375. The van der Waals surface area contributed by atoms with E-state index in [1.807, 2.05) is 31.2 Å². The van der Waals surface area contributed by atoms with Crippen molar-refractivity contribution in [1.29, 1.82) is 0 Å². The number of aryl methyl sites for hydroxylation is 1. The Balaban J connectivity index is 1.29. The van der Waals surface area contributed by atoms with E-state index in [9.17, 15) is 14.4 Å². The second-order valence-corrected chi connectivity index (χ2v) is 9.36. The van der Waals surface area contributed by atoms with E-state index in [4.69, 9.17) is 21.1 Å². The van der Waals surface area contributed by atoms with E-state index < -0.39 is 24.4 Å². The zero-order valence-corrected chi connectivity index (χ0v) is 21.1. The van der Waals surface area contributed by atoms with Crippen molar-refractivity contribution in [3.05, 3.63) is 81.8 Å². The zero-order valence-electron chi connectivity index (χ0n) is 18.8. The summed E-state index contributed by atoms with van der Waals surface area (Å²) in [5.41, 5.74) is 2.28. The summed E-state index contributed by atoms with van der Waals surface area (Å²) in [5.74, 6) is -0.575. The Hall–Kier alpha value is -3.36. The van der Waals surface area contributed by atoms with Crippen molar-refractivity contribution in [3.8, 4) is 11.5 Å². The monoisotopic (exact) mass is 556 g/mol. The molecule has 2 amide bonds. The van der Waals surface area contributed by atoms with Gasteiger partial charge in [-0.25, -0.2) is 0 Å². The standard InChI is InChI=1S/C26H22BrClN2O5/c1-16-2-7-20(8-3-16)35-21-9-5-19(6-10-21)30-14-17(12-25(30)32)26(33)34-15-24(31)29-18-4-11-22(27)23(28)13-18/h2-11,13,17H,12,14-15H2,1H3,(H,29,31)/t17-/m1/s1. The first-order valence-electron chi connectivity index (χ1n) is 10.8. The average Bonchev–Trinajstić information content (AvgIpc) is 3.23. The van der Waals surface area contributed by atoms with Crippen molar-refractivity contribution < 1.29 is 23.9 Å². The number of benzene rings is 3. The number of ether oxygens (including phenoxy) is 2. The Morgan fingerprint density at radius 1 is 1.06 bits per heavy atom. The Kier molecular flexibility index (Phi) is 7.73. The van der Waals surface area contributed by atoms with Crippen molar-refractivity contribution in [2.24, 2.45) is 5.92 Å². The number of nitrogens with zero attached hydrogens (tertiary/aromatic N) is 1. The smallest absolute Gasteiger partial charge is 0.311 e. The molecule has 9 heteroatoms. The normalized spacial score (nSPS) is 15.1. The SMILES string of the molecule is Cc1ccc(Oc2ccc(N3C[C@H](C(=O)OCC(=O)Nc4ccc(Br)c(Cl)c4)CC3=O)cc2)cc1. The Labute approximate surface area is 216 Å². The number of halogens is 2. The summed E-state index contributed by atoms with van der Waals surface area (Å²) in [4.78, 5) is 38.7. The van der Waals surface area contributed by atoms with Gasteiger partial charge in [-0.1, -0.05) is 29.3 Å². The molecule has 0 aromatic heterocycles. The molecule has 3 aromatic carbocycles. The first kappa shape index (κ1) is 24.8. The number of hydrogen-bond acceptors (Lipinski definition) is 5. The second kappa shape index (κ2) is 10.9. The van der Waals surface area contributed by atoms with Gasteiger partial charge in [0.25, 0.3) is 5.91 Å². The molecule has 180 valence electrons. The van der Waals surface area contributed by atoms with Crippen LogP contribution in [0.3, 0.4) is 0 Å². The number of carbonyl (C=O) groups is 3. The van der Waals surface area contributed by atoms with Crippen LogP contribution in [0.15, 0.2) is 71.2 Å². The number of esters is 1. The lowest BCUT2D eigenvalue weighted by molar-refractivity contribution is -0.151. The van der Waals surface area contributed by atoms with Crippen molar-refractivity contribution in [2.45, 2.75) is 13.3 Å². The van der Waals surface area contributed by atoms with Gasteiger partial charge in [0.05, 0.1) is 10.9 Å². The molecule has 0 spiro atoms. The molecule has 1 aliphatic heterocycles. The fourth-order valence-electron chi connectivity index (χ4n) is 3.58. The van der Waals surface area contributed by atoms with Crippen molar-refractivity contribution in [3.63, 3.8) is 0 Å². The number of carbonyl (C=O) groups excluding carboxylic acids is 3. The number of nitrogens with one attached hydrogen (secondary N) is 1. The zero-order chi connectivity index (χ0) is 24.9. The van der Waals surface area contributed by atoms with Crippen molar-refractivity contribution >= 4 is 56.7 Å². The lowest BCUT2D eigenvalue weighted by atomic mass is 10.1. The number of amides is 2. The third-order valence-electron chi connectivity index (χ3n) is 5.41. The Bertz CT molecular complexity index is 1250. The number of rotatable bonds is 7. The third kappa shape index (κ3) is 6.41. The molecule has 0 bridgehead atoms. The summed E-state index contributed by atoms with van der Waals surface area (Å²) in [6.45, 7) is 1.73. The molecule has 0 radical (unpaired) electrons. The molecule has 4 rings (SSSR count). The first-order chi connectivity index (χ1) is 16.8. The third-order valence-corrected chi connectivity index (χ3v) is 6.64. The Morgan fingerprint density at radius 3 is 2.37 bits per heavy atom. The van der Waals surface area contributed by atoms with Gasteiger partial charge in [0.1, 0.15) is 11.5 Å². The summed E-state index contributed by atoms with van der Waals surface area (Å²) in [7, 11) is 0. The molecule has 0 aliphatic carbocycles. The highest BCUT2D eigenvalue weighted by molar-refractivity contribution is 9.10. The van der Waals surface area contributed by atoms with Gasteiger partial charge in [-0.15, -0.1) is 0 Å². The van der Waals surface area contributed by atoms with E-state index in [1.54, 1.807) is 42.5 Å². The van der Waals surface area contributed by atoms with Crippen LogP contribution in [-0.2, 0) is 19.1 Å². The molecule has 7 nitrogen and oxygen atoms in total. The van der Waals surface area contributed by atoms with Crippen LogP contribution in [0.25, 0.3) is 0 Å². The molecule has 1 saturated heterocycles. The van der Waals surface area contributed by atoms with Gasteiger partial charge in [-0.3, -0.25) is 14.4 Å². The maximum absolute atomic E-state index is 12.5. The van der Waals surface area contributed by atoms with Gasteiger partial charge in [0.15, 0.2) is 6.61 Å². The van der Waals surface area contributed by atoms with Crippen molar-refractivity contribution in [1.82, 2.24) is 0 Å². The summed E-state index contributed by atoms with van der Waals surface area (Å²) in [6, 6.07) is 19.7. The van der Waals surface area contributed by atoms with E-state index in [1.165, 1.54) is 4.90 Å². The lowest BCUT2D eigenvalue weighted by Crippen LogP contribution is -2.28. The molecule has 35 heavy (non-hydrogen) atoms. The van der Waals surface area contributed by atoms with Crippen LogP contribution >= 0.6 is 27.5 Å². The molecule has 1 heterocycles. The lowest BCUT2D eigenvalue weighted by Gasteiger charge is -2.17. The minimum atomic E-state index is -0.652. The fraction of sp³-hybridized carbons (Fsp3) is 0.192. The van der Waals surface area contributed by atoms with Crippen LogP contribution in [0.1, 0.15) is 12.0 Å². The minimum absolute atomic E-state index is 0.0182. The second-order valence-electron chi connectivity index (χ2n) is 8.10. The molecule has 1 fully saturated rings. The molecule has 1 N–H and O–H groups in total. The molecular formula is C26H22BrClN2O5. The van der Waals surface area contributed by atoms with Gasteiger partial charge < -0.3 is 19.7 Å². The van der Waals surface area contributed by atoms with Gasteiger partial charge in [-0.05, 0) is 77.5 Å². The molecule has 3 aromatic rings. The van der Waals surface area contributed by atoms with Gasteiger partial charge in [-0.2, -0.15) is 0 Å². The fourth-order valence-corrected chi connectivity index (χ4v) is 4.00. The molecule has 1 aliphatic rings. The van der Waals surface area contributed by atoms with Crippen LogP contribution < -0.4 is 15.0 Å². The van der Waals surface area contributed by atoms with Crippen LogP contribution in [0.4, 0.5) is 11.4 Å². The molecule has 0 saturated carbocycles. The summed E-state index contributed by atoms with van der Waals surface area (Å²) in [6.07, 6.45) is 0.0182. The maximum Gasteiger partial charge on any atom is 0.311 e. The summed E-state index contributed by atoms with van der Waals surface area (Å²) in [5, 5.41) is 3.06. The van der Waals surface area contributed by atoms with Crippen LogP contribution in [0.2, 0.25) is 5.02 Å². The highest BCUT2D eigenvalue weighted by Crippen LogP contribution is 2.29.